The summed E-state index contributed by atoms with van der Waals surface area (Å²) in [7, 11) is 3.28. The van der Waals surface area contributed by atoms with Gasteiger partial charge in [0.15, 0.2) is 0 Å². The lowest BCUT2D eigenvalue weighted by molar-refractivity contribution is 0.1000. The van der Waals surface area contributed by atoms with Crippen LogP contribution in [-0.4, -0.2) is 28.8 Å². The first-order chi connectivity index (χ1) is 12.4. The number of aryl methyl sites for hydroxylation is 1. The molecule has 0 spiro atoms. The van der Waals surface area contributed by atoms with Crippen molar-refractivity contribution in [3.05, 3.63) is 48.2 Å². The number of aromatic nitrogens is 2. The third kappa shape index (κ3) is 3.16. The summed E-state index contributed by atoms with van der Waals surface area (Å²) in [5, 5.41) is 7.76. The first-order valence-corrected chi connectivity index (χ1v) is 8.01. The fourth-order valence-electron chi connectivity index (χ4n) is 2.57. The van der Waals surface area contributed by atoms with E-state index in [4.69, 9.17) is 10.5 Å². The van der Waals surface area contributed by atoms with Crippen LogP contribution in [0.2, 0.25) is 0 Å². The molecule has 2 aromatic carbocycles. The zero-order valence-corrected chi connectivity index (χ0v) is 15.0. The Morgan fingerprint density at radius 1 is 1.31 bits per heavy atom. The highest BCUT2D eigenvalue weighted by atomic mass is 32.1. The quantitative estimate of drug-likeness (QED) is 0.613. The molecule has 0 fully saturated rings. The van der Waals surface area contributed by atoms with Gasteiger partial charge in [0.2, 0.25) is 5.91 Å². The summed E-state index contributed by atoms with van der Waals surface area (Å²) >= 11 is 4.25. The summed E-state index contributed by atoms with van der Waals surface area (Å²) in [5.41, 5.74) is 7.30. The number of carbonyl (C=O) groups excluding carboxylic acids is 2. The van der Waals surface area contributed by atoms with E-state index in [0.29, 0.717) is 17.1 Å². The van der Waals surface area contributed by atoms with Crippen molar-refractivity contribution in [3.63, 3.8) is 0 Å². The molecule has 3 N–H and O–H groups in total. The molecule has 0 aliphatic rings. The Hall–Kier alpha value is -3.20. The lowest BCUT2D eigenvalue weighted by Gasteiger charge is -2.20. The van der Waals surface area contributed by atoms with Crippen LogP contribution >= 0.6 is 12.8 Å². The van der Waals surface area contributed by atoms with Gasteiger partial charge in [0, 0.05) is 18.0 Å². The Morgan fingerprint density at radius 3 is 2.77 bits per heavy atom. The molecule has 26 heavy (non-hydrogen) atoms. The molecule has 0 atom stereocenters. The molecule has 0 radical (unpaired) electrons. The minimum atomic E-state index is -0.615. The topological polar surface area (TPSA) is 102 Å². The van der Waals surface area contributed by atoms with E-state index in [2.05, 4.69) is 23.2 Å². The molecule has 0 aliphatic heterocycles. The third-order valence-corrected chi connectivity index (χ3v) is 4.31. The lowest BCUT2D eigenvalue weighted by Crippen LogP contribution is -2.27. The number of hydrogen-bond acceptors (Lipinski definition) is 5. The maximum Gasteiger partial charge on any atom is 0.336 e. The van der Waals surface area contributed by atoms with E-state index in [-0.39, 0.29) is 5.56 Å². The van der Waals surface area contributed by atoms with Crippen molar-refractivity contribution < 1.29 is 14.3 Å². The number of urea groups is 1. The monoisotopic (exact) mass is 371 g/mol. The number of nitrogens with zero attached hydrogens (tertiary/aromatic N) is 3. The third-order valence-electron chi connectivity index (χ3n) is 3.92. The number of nitrogens with two attached hydrogens (primary N) is 1. The number of anilines is 2. The Kier molecular flexibility index (Phi) is 4.72. The van der Waals surface area contributed by atoms with Gasteiger partial charge in [0.05, 0.1) is 30.2 Å². The molecule has 9 heteroatoms. The number of ether oxygens (including phenoxy) is 1. The van der Waals surface area contributed by atoms with E-state index >= 15 is 0 Å². The highest BCUT2D eigenvalue weighted by Crippen LogP contribution is 2.32. The molecule has 1 heterocycles. The van der Waals surface area contributed by atoms with Gasteiger partial charge >= 0.3 is 6.03 Å². The summed E-state index contributed by atoms with van der Waals surface area (Å²) in [5.74, 6) is -0.240. The van der Waals surface area contributed by atoms with Crippen LogP contribution in [0.3, 0.4) is 0 Å². The van der Waals surface area contributed by atoms with Crippen molar-refractivity contribution >= 4 is 47.0 Å². The van der Waals surface area contributed by atoms with Gasteiger partial charge in [-0.1, -0.05) is 18.9 Å². The Bertz CT molecular complexity index is 1000. The van der Waals surface area contributed by atoms with Crippen molar-refractivity contribution in [2.75, 3.05) is 16.7 Å². The van der Waals surface area contributed by atoms with Crippen molar-refractivity contribution in [3.8, 4) is 5.75 Å². The zero-order chi connectivity index (χ0) is 18.8. The Labute approximate surface area is 155 Å². The van der Waals surface area contributed by atoms with E-state index in [1.165, 1.54) is 19.2 Å². The second-order valence-corrected chi connectivity index (χ2v) is 5.90. The largest absolute Gasteiger partial charge is 0.495 e. The number of hydrogen-bond donors (Lipinski definition) is 3. The van der Waals surface area contributed by atoms with Crippen LogP contribution in [-0.2, 0) is 7.05 Å². The molecular weight excluding hydrogens is 354 g/mol. The molecule has 134 valence electrons. The molecule has 0 unspecified atom stereocenters. The minimum Gasteiger partial charge on any atom is -0.495 e. The summed E-state index contributed by atoms with van der Waals surface area (Å²) in [6.45, 7) is 0. The number of primary amides is 1. The van der Waals surface area contributed by atoms with Gasteiger partial charge in [-0.15, -0.1) is 0 Å². The second-order valence-electron chi connectivity index (χ2n) is 5.50. The van der Waals surface area contributed by atoms with Gasteiger partial charge < -0.3 is 15.8 Å². The van der Waals surface area contributed by atoms with Gasteiger partial charge in [-0.3, -0.25) is 9.48 Å². The number of methoxy groups -OCH3 is 1. The first kappa shape index (κ1) is 17.6. The van der Waals surface area contributed by atoms with Crippen LogP contribution in [0.4, 0.5) is 16.2 Å². The Morgan fingerprint density at radius 2 is 2.08 bits per heavy atom. The second kappa shape index (κ2) is 6.96. The molecule has 0 saturated heterocycles. The number of rotatable bonds is 4. The molecule has 0 bridgehead atoms. The lowest BCUT2D eigenvalue weighted by atomic mass is 10.1. The number of benzene rings is 2. The van der Waals surface area contributed by atoms with Crippen molar-refractivity contribution in [2.45, 2.75) is 0 Å². The van der Waals surface area contributed by atoms with Gasteiger partial charge in [0.25, 0.3) is 0 Å². The van der Waals surface area contributed by atoms with Crippen LogP contribution in [0.1, 0.15) is 10.4 Å². The maximum absolute atomic E-state index is 12.7. The number of carbonyl (C=O) groups is 2. The molecular formula is C17H17N5O3S. The van der Waals surface area contributed by atoms with Crippen molar-refractivity contribution in [2.24, 2.45) is 12.8 Å². The van der Waals surface area contributed by atoms with Gasteiger partial charge in [-0.05, 0) is 30.3 Å². The maximum atomic E-state index is 12.7. The van der Waals surface area contributed by atoms with E-state index in [0.717, 1.165) is 15.2 Å². The highest BCUT2D eigenvalue weighted by molar-refractivity contribution is 7.82. The van der Waals surface area contributed by atoms with Crippen LogP contribution in [0.5, 0.6) is 5.75 Å². The molecule has 1 aromatic heterocycles. The summed E-state index contributed by atoms with van der Waals surface area (Å²) in [6, 6.07) is 9.46. The Balaban J connectivity index is 1.92. The zero-order valence-electron chi connectivity index (χ0n) is 14.1. The number of fused-ring (bicyclic) bond motifs is 1. The smallest absolute Gasteiger partial charge is 0.336 e. The number of thiol groups is 1. The van der Waals surface area contributed by atoms with E-state index in [1.54, 1.807) is 23.0 Å². The van der Waals surface area contributed by atoms with E-state index in [1.807, 2.05) is 19.2 Å². The molecule has 0 saturated carbocycles. The molecule has 3 rings (SSSR count). The average molecular weight is 371 g/mol. The van der Waals surface area contributed by atoms with Crippen LogP contribution in [0.15, 0.2) is 42.6 Å². The fraction of sp³-hybridized carbons (Fsp3) is 0.118. The van der Waals surface area contributed by atoms with Gasteiger partial charge in [-0.25, -0.2) is 9.10 Å². The molecule has 0 aliphatic carbocycles. The standard InChI is InChI=1S/C17H17N5O3S/c1-21-13-5-3-4-12(11(13)9-19-21)20-17(24)22(26)14-8-10(16(18)23)6-7-15(14)25-2/h3-9,26H,1-2H3,(H2,18,23)(H,20,24). The molecule has 8 nitrogen and oxygen atoms in total. The normalized spacial score (nSPS) is 10.6. The van der Waals surface area contributed by atoms with Crippen molar-refractivity contribution in [1.82, 2.24) is 9.78 Å². The van der Waals surface area contributed by atoms with Crippen LogP contribution < -0.4 is 20.1 Å². The first-order valence-electron chi connectivity index (χ1n) is 7.61. The average Bonchev–Trinajstić information content (AvgIpc) is 3.02. The minimum absolute atomic E-state index is 0.238. The predicted molar refractivity (Wildman–Crippen MR) is 103 cm³/mol. The number of nitrogens with one attached hydrogen (secondary N) is 1. The van der Waals surface area contributed by atoms with E-state index in [9.17, 15) is 9.59 Å². The van der Waals surface area contributed by atoms with Gasteiger partial charge in [0.1, 0.15) is 5.75 Å². The summed E-state index contributed by atoms with van der Waals surface area (Å²) < 4.78 is 8.01. The van der Waals surface area contributed by atoms with E-state index < -0.39 is 11.9 Å². The SMILES string of the molecule is COc1ccc(C(N)=O)cc1N(S)C(=O)Nc1cccc2c1cnn2C. The fourth-order valence-corrected chi connectivity index (χ4v) is 2.78. The van der Waals surface area contributed by atoms with Crippen LogP contribution in [0, 0.1) is 0 Å². The number of amides is 3. The summed E-state index contributed by atoms with van der Waals surface area (Å²) in [4.78, 5) is 24.1. The molecule has 3 amide bonds. The van der Waals surface area contributed by atoms with Crippen molar-refractivity contribution in [1.29, 1.82) is 0 Å². The van der Waals surface area contributed by atoms with Crippen LogP contribution in [0.25, 0.3) is 10.9 Å². The van der Waals surface area contributed by atoms with Gasteiger partial charge in [-0.2, -0.15) is 5.10 Å². The predicted octanol–water partition coefficient (Wildman–Crippen LogP) is 2.56. The molecule has 3 aromatic rings. The summed E-state index contributed by atoms with van der Waals surface area (Å²) in [6.07, 6.45) is 1.67. The highest BCUT2D eigenvalue weighted by Gasteiger charge is 2.19.